The highest BCUT2D eigenvalue weighted by atomic mass is 16.8. The summed E-state index contributed by atoms with van der Waals surface area (Å²) >= 11 is 0. The average molecular weight is 286 g/mol. The first-order valence-electron chi connectivity index (χ1n) is 7.34. The molecular formula is C15H26O5. The predicted octanol–water partition coefficient (Wildman–Crippen LogP) is 3.51. The van der Waals surface area contributed by atoms with Crippen molar-refractivity contribution in [1.82, 2.24) is 0 Å². The molecule has 1 fully saturated rings. The third-order valence-electron chi connectivity index (χ3n) is 3.80. The molecule has 1 rings (SSSR count). The first-order valence-corrected chi connectivity index (χ1v) is 7.34. The lowest BCUT2D eigenvalue weighted by atomic mass is 9.75. The molecule has 0 radical (unpaired) electrons. The smallest absolute Gasteiger partial charge is 0.431 e. The molecule has 5 nitrogen and oxygen atoms in total. The first-order chi connectivity index (χ1) is 9.29. The van der Waals surface area contributed by atoms with Crippen molar-refractivity contribution < 1.29 is 23.8 Å². The molecule has 116 valence electrons. The molecule has 0 aromatic heterocycles. The number of carbonyl (C=O) groups is 2. The Balaban J connectivity index is 2.50. The van der Waals surface area contributed by atoms with Gasteiger partial charge in [0, 0.05) is 13.8 Å². The fraction of sp³-hybridized carbons (Fsp3) is 0.867. The van der Waals surface area contributed by atoms with Gasteiger partial charge in [-0.1, -0.05) is 27.2 Å². The molecule has 0 aromatic rings. The van der Waals surface area contributed by atoms with E-state index >= 15 is 0 Å². The summed E-state index contributed by atoms with van der Waals surface area (Å²) in [6.07, 6.45) is 1.30. The van der Waals surface area contributed by atoms with Crippen LogP contribution >= 0.6 is 0 Å². The van der Waals surface area contributed by atoms with E-state index in [0.29, 0.717) is 17.8 Å². The molecule has 1 saturated carbocycles. The van der Waals surface area contributed by atoms with E-state index < -0.39 is 18.4 Å². The lowest BCUT2D eigenvalue weighted by molar-refractivity contribution is -0.167. The Morgan fingerprint density at radius 2 is 1.75 bits per heavy atom. The van der Waals surface area contributed by atoms with Gasteiger partial charge in [-0.3, -0.25) is 4.79 Å². The second-order valence-corrected chi connectivity index (χ2v) is 6.03. The zero-order valence-electron chi connectivity index (χ0n) is 13.0. The summed E-state index contributed by atoms with van der Waals surface area (Å²) in [6.45, 7) is 9.21. The number of hydrogen-bond donors (Lipinski definition) is 0. The van der Waals surface area contributed by atoms with Crippen molar-refractivity contribution in [2.75, 3.05) is 0 Å². The highest BCUT2D eigenvalue weighted by molar-refractivity contribution is 5.66. The van der Waals surface area contributed by atoms with E-state index in [0.717, 1.165) is 12.8 Å². The quantitative estimate of drug-likeness (QED) is 0.584. The van der Waals surface area contributed by atoms with Gasteiger partial charge in [0.15, 0.2) is 0 Å². The van der Waals surface area contributed by atoms with Crippen molar-refractivity contribution in [3.63, 3.8) is 0 Å². The van der Waals surface area contributed by atoms with Gasteiger partial charge in [-0.15, -0.1) is 0 Å². The number of esters is 1. The predicted molar refractivity (Wildman–Crippen MR) is 73.9 cm³/mol. The van der Waals surface area contributed by atoms with Gasteiger partial charge >= 0.3 is 12.1 Å². The van der Waals surface area contributed by atoms with Crippen LogP contribution in [0.5, 0.6) is 0 Å². The largest absolute Gasteiger partial charge is 0.511 e. The molecule has 4 atom stereocenters. The molecule has 1 aliphatic carbocycles. The van der Waals surface area contributed by atoms with Crippen LogP contribution in [0, 0.1) is 17.8 Å². The lowest BCUT2D eigenvalue weighted by Crippen LogP contribution is -2.36. The van der Waals surface area contributed by atoms with Gasteiger partial charge in [0.2, 0.25) is 6.29 Å². The molecule has 1 unspecified atom stereocenters. The van der Waals surface area contributed by atoms with Crippen molar-refractivity contribution in [3.05, 3.63) is 0 Å². The molecule has 20 heavy (non-hydrogen) atoms. The summed E-state index contributed by atoms with van der Waals surface area (Å²) in [5.41, 5.74) is 0. The Kier molecular flexibility index (Phi) is 6.30. The molecule has 0 N–H and O–H groups in total. The fourth-order valence-electron chi connectivity index (χ4n) is 2.79. The van der Waals surface area contributed by atoms with E-state index in [2.05, 4.69) is 20.8 Å². The Hall–Kier alpha value is -1.26. The zero-order valence-corrected chi connectivity index (χ0v) is 13.0. The number of ether oxygens (including phenoxy) is 3. The maximum absolute atomic E-state index is 11.7. The van der Waals surface area contributed by atoms with Crippen molar-refractivity contribution in [1.29, 1.82) is 0 Å². The molecule has 0 amide bonds. The zero-order chi connectivity index (χ0) is 15.3. The van der Waals surface area contributed by atoms with Crippen molar-refractivity contribution in [2.24, 2.45) is 17.8 Å². The van der Waals surface area contributed by atoms with Crippen LogP contribution in [0.15, 0.2) is 0 Å². The van der Waals surface area contributed by atoms with Crippen LogP contribution < -0.4 is 0 Å². The fourth-order valence-corrected chi connectivity index (χ4v) is 2.79. The second kappa shape index (κ2) is 7.50. The topological polar surface area (TPSA) is 61.8 Å². The molecule has 0 saturated heterocycles. The third kappa shape index (κ3) is 5.39. The maximum Gasteiger partial charge on any atom is 0.511 e. The van der Waals surface area contributed by atoms with Crippen molar-refractivity contribution in [2.45, 2.75) is 66.3 Å². The summed E-state index contributed by atoms with van der Waals surface area (Å²) in [6, 6.07) is 0. The summed E-state index contributed by atoms with van der Waals surface area (Å²) in [7, 11) is 0. The van der Waals surface area contributed by atoms with E-state index in [4.69, 9.17) is 14.2 Å². The summed E-state index contributed by atoms with van der Waals surface area (Å²) in [4.78, 5) is 22.5. The van der Waals surface area contributed by atoms with Crippen molar-refractivity contribution >= 4 is 12.1 Å². The van der Waals surface area contributed by atoms with Crippen LogP contribution in [0.3, 0.4) is 0 Å². The molecule has 0 bridgehead atoms. The maximum atomic E-state index is 11.7. The number of hydrogen-bond acceptors (Lipinski definition) is 5. The average Bonchev–Trinajstić information content (AvgIpc) is 2.26. The van der Waals surface area contributed by atoms with E-state index in [1.807, 2.05) is 0 Å². The highest BCUT2D eigenvalue weighted by Gasteiger charge is 2.34. The van der Waals surface area contributed by atoms with Crippen LogP contribution in [-0.4, -0.2) is 24.5 Å². The normalized spacial score (nSPS) is 27.8. The summed E-state index contributed by atoms with van der Waals surface area (Å²) < 4.78 is 15.1. The summed E-state index contributed by atoms with van der Waals surface area (Å²) in [5.74, 6) is 0.888. The van der Waals surface area contributed by atoms with Gasteiger partial charge in [-0.25, -0.2) is 4.79 Å². The van der Waals surface area contributed by atoms with Gasteiger partial charge in [0.05, 0.1) is 0 Å². The van der Waals surface area contributed by atoms with Gasteiger partial charge < -0.3 is 14.2 Å². The molecular weight excluding hydrogens is 260 g/mol. The standard InChI is InChI=1S/C15H26O5/c1-9(2)13-7-6-10(3)8-14(13)20-15(17)19-12(5)18-11(4)16/h9-10,12-14H,6-8H2,1-5H3/t10-,12-,13?,14-/m1/s1. The number of carbonyl (C=O) groups excluding carboxylic acids is 2. The lowest BCUT2D eigenvalue weighted by Gasteiger charge is -2.36. The Morgan fingerprint density at radius 1 is 1.10 bits per heavy atom. The molecule has 0 spiro atoms. The Morgan fingerprint density at radius 3 is 2.30 bits per heavy atom. The monoisotopic (exact) mass is 286 g/mol. The number of rotatable bonds is 4. The van der Waals surface area contributed by atoms with Gasteiger partial charge in [0.25, 0.3) is 0 Å². The van der Waals surface area contributed by atoms with Crippen LogP contribution in [0.2, 0.25) is 0 Å². The minimum atomic E-state index is -0.918. The molecule has 0 heterocycles. The first kappa shape index (κ1) is 16.8. The SMILES string of the molecule is CC(=O)O[C@@H](C)OC(=O)O[C@@H]1C[C@H](C)CCC1C(C)C. The minimum absolute atomic E-state index is 0.115. The van der Waals surface area contributed by atoms with E-state index in [-0.39, 0.29) is 6.10 Å². The Bertz CT molecular complexity index is 339. The van der Waals surface area contributed by atoms with E-state index in [9.17, 15) is 9.59 Å². The van der Waals surface area contributed by atoms with Gasteiger partial charge in [-0.2, -0.15) is 0 Å². The van der Waals surface area contributed by atoms with Crippen molar-refractivity contribution in [3.8, 4) is 0 Å². The third-order valence-corrected chi connectivity index (χ3v) is 3.80. The molecule has 1 aliphatic rings. The van der Waals surface area contributed by atoms with Crippen LogP contribution in [0.4, 0.5) is 4.79 Å². The van der Waals surface area contributed by atoms with Crippen LogP contribution in [-0.2, 0) is 19.0 Å². The summed E-state index contributed by atoms with van der Waals surface area (Å²) in [5, 5.41) is 0. The van der Waals surface area contributed by atoms with Crippen LogP contribution in [0.1, 0.15) is 53.9 Å². The molecule has 0 aliphatic heterocycles. The second-order valence-electron chi connectivity index (χ2n) is 6.03. The van der Waals surface area contributed by atoms with Crippen LogP contribution in [0.25, 0.3) is 0 Å². The van der Waals surface area contributed by atoms with E-state index in [1.165, 1.54) is 20.3 Å². The highest BCUT2D eigenvalue weighted by Crippen LogP contribution is 2.35. The minimum Gasteiger partial charge on any atom is -0.431 e. The van der Waals surface area contributed by atoms with Gasteiger partial charge in [-0.05, 0) is 30.6 Å². The molecule has 5 heteroatoms. The van der Waals surface area contributed by atoms with E-state index in [1.54, 1.807) is 0 Å². The Labute approximate surface area is 121 Å². The van der Waals surface area contributed by atoms with Gasteiger partial charge in [0.1, 0.15) is 6.10 Å². The molecule has 0 aromatic carbocycles.